The van der Waals surface area contributed by atoms with Crippen molar-refractivity contribution in [3.63, 3.8) is 0 Å². The highest BCUT2D eigenvalue weighted by Crippen LogP contribution is 2.32. The molecule has 2 heterocycles. The second kappa shape index (κ2) is 8.63. The summed E-state index contributed by atoms with van der Waals surface area (Å²) in [7, 11) is 1.41. The maximum atomic E-state index is 13.3. The van der Waals surface area contributed by atoms with E-state index in [1.165, 1.54) is 19.2 Å². The van der Waals surface area contributed by atoms with Crippen LogP contribution >= 0.6 is 0 Å². The first-order valence-electron chi connectivity index (χ1n) is 9.71. The maximum Gasteiger partial charge on any atom is 0.409 e. The molecule has 1 saturated heterocycles. The highest BCUT2D eigenvalue weighted by atomic mass is 19.1. The molecule has 0 spiro atoms. The molecule has 1 aliphatic heterocycles. The van der Waals surface area contributed by atoms with E-state index in [0.29, 0.717) is 25.6 Å². The number of carbonyl (C=O) groups is 1. The van der Waals surface area contributed by atoms with Gasteiger partial charge in [-0.3, -0.25) is 0 Å². The molecular formula is C21H28FN3O3. The van der Waals surface area contributed by atoms with Gasteiger partial charge < -0.3 is 14.4 Å². The lowest BCUT2D eigenvalue weighted by Crippen LogP contribution is -2.39. The molecule has 1 amide bonds. The smallest absolute Gasteiger partial charge is 0.409 e. The van der Waals surface area contributed by atoms with Crippen LogP contribution in [0.5, 0.6) is 5.75 Å². The molecule has 0 bridgehead atoms. The number of hydrogen-bond acceptors (Lipinski definition) is 4. The Kier molecular flexibility index (Phi) is 6.21. The fourth-order valence-corrected chi connectivity index (χ4v) is 3.51. The standard InChI is InChI=1S/C21H28FN3O3/c1-14(2)19-20(15(3)25(23-19)18-7-5-17(22)6-8-18)28-13-16-9-11-24(12-10-16)21(26)27-4/h5-8,14,16H,9-13H2,1-4H3. The van der Waals surface area contributed by atoms with Crippen LogP contribution in [-0.2, 0) is 4.74 Å². The number of nitrogens with zero attached hydrogens (tertiary/aromatic N) is 3. The fourth-order valence-electron chi connectivity index (χ4n) is 3.51. The number of piperidine rings is 1. The summed E-state index contributed by atoms with van der Waals surface area (Å²) in [6.07, 6.45) is 1.51. The highest BCUT2D eigenvalue weighted by molar-refractivity contribution is 5.67. The van der Waals surface area contributed by atoms with Gasteiger partial charge in [0.15, 0.2) is 5.75 Å². The predicted molar refractivity (Wildman–Crippen MR) is 105 cm³/mol. The van der Waals surface area contributed by atoms with Gasteiger partial charge in [0, 0.05) is 19.0 Å². The van der Waals surface area contributed by atoms with Crippen molar-refractivity contribution in [2.24, 2.45) is 5.92 Å². The van der Waals surface area contributed by atoms with Crippen LogP contribution in [0.4, 0.5) is 9.18 Å². The molecule has 1 aromatic carbocycles. The van der Waals surface area contributed by atoms with Gasteiger partial charge in [-0.2, -0.15) is 5.10 Å². The van der Waals surface area contributed by atoms with Gasteiger partial charge in [0.05, 0.1) is 25.1 Å². The van der Waals surface area contributed by atoms with E-state index in [-0.39, 0.29) is 17.8 Å². The van der Waals surface area contributed by atoms with E-state index in [1.807, 2.05) is 11.6 Å². The quantitative estimate of drug-likeness (QED) is 0.765. The van der Waals surface area contributed by atoms with Crippen LogP contribution in [-0.4, -0.2) is 47.6 Å². The molecule has 7 heteroatoms. The molecule has 0 unspecified atom stereocenters. The zero-order chi connectivity index (χ0) is 20.3. The van der Waals surface area contributed by atoms with Crippen LogP contribution in [0.1, 0.15) is 44.0 Å². The number of amides is 1. The summed E-state index contributed by atoms with van der Waals surface area (Å²) in [4.78, 5) is 13.3. The summed E-state index contributed by atoms with van der Waals surface area (Å²) in [5.74, 6) is 1.12. The Labute approximate surface area is 165 Å². The molecule has 152 valence electrons. The van der Waals surface area contributed by atoms with Crippen LogP contribution in [0.25, 0.3) is 5.69 Å². The van der Waals surface area contributed by atoms with E-state index >= 15 is 0 Å². The lowest BCUT2D eigenvalue weighted by molar-refractivity contribution is 0.0962. The molecule has 1 fully saturated rings. The van der Waals surface area contributed by atoms with Crippen LogP contribution in [0, 0.1) is 18.7 Å². The molecule has 28 heavy (non-hydrogen) atoms. The number of halogens is 1. The van der Waals surface area contributed by atoms with Crippen molar-refractivity contribution >= 4 is 6.09 Å². The van der Waals surface area contributed by atoms with Gasteiger partial charge in [-0.15, -0.1) is 0 Å². The Hall–Kier alpha value is -2.57. The number of benzene rings is 1. The normalized spacial score (nSPS) is 15.1. The van der Waals surface area contributed by atoms with Crippen molar-refractivity contribution in [1.82, 2.24) is 14.7 Å². The first-order valence-corrected chi connectivity index (χ1v) is 9.71. The van der Waals surface area contributed by atoms with Gasteiger partial charge in [-0.25, -0.2) is 13.9 Å². The Bertz CT molecular complexity index is 809. The molecule has 0 aliphatic carbocycles. The maximum absolute atomic E-state index is 13.3. The average Bonchev–Trinajstić information content (AvgIpc) is 3.03. The summed E-state index contributed by atoms with van der Waals surface area (Å²) >= 11 is 0. The van der Waals surface area contributed by atoms with Crippen LogP contribution in [0.3, 0.4) is 0 Å². The second-order valence-electron chi connectivity index (χ2n) is 7.55. The SMILES string of the molecule is COC(=O)N1CCC(COc2c(C(C)C)nn(-c3ccc(F)cc3)c2C)CC1. The molecule has 1 aromatic heterocycles. The summed E-state index contributed by atoms with van der Waals surface area (Å²) < 4.78 is 26.1. The van der Waals surface area contributed by atoms with Crippen molar-refractivity contribution in [3.8, 4) is 11.4 Å². The van der Waals surface area contributed by atoms with Gasteiger partial charge in [-0.05, 0) is 49.9 Å². The minimum Gasteiger partial charge on any atom is -0.489 e. The number of likely N-dealkylation sites (tertiary alicyclic amines) is 1. The zero-order valence-corrected chi connectivity index (χ0v) is 16.9. The Morgan fingerprint density at radius 3 is 2.46 bits per heavy atom. The molecule has 6 nitrogen and oxygen atoms in total. The topological polar surface area (TPSA) is 56.6 Å². The van der Waals surface area contributed by atoms with Crippen LogP contribution < -0.4 is 4.74 Å². The fraction of sp³-hybridized carbons (Fsp3) is 0.524. The van der Waals surface area contributed by atoms with Crippen molar-refractivity contribution in [2.75, 3.05) is 26.8 Å². The van der Waals surface area contributed by atoms with Gasteiger partial charge in [0.1, 0.15) is 11.5 Å². The van der Waals surface area contributed by atoms with E-state index in [1.54, 1.807) is 17.0 Å². The average molecular weight is 389 g/mol. The molecule has 0 atom stereocenters. The number of rotatable bonds is 5. The third kappa shape index (κ3) is 4.29. The molecule has 0 N–H and O–H groups in total. The lowest BCUT2D eigenvalue weighted by Gasteiger charge is -2.30. The highest BCUT2D eigenvalue weighted by Gasteiger charge is 2.25. The number of hydrogen-bond donors (Lipinski definition) is 0. The number of aromatic nitrogens is 2. The first-order chi connectivity index (χ1) is 13.4. The van der Waals surface area contributed by atoms with Gasteiger partial charge in [0.2, 0.25) is 0 Å². The van der Waals surface area contributed by atoms with Crippen molar-refractivity contribution < 1.29 is 18.7 Å². The van der Waals surface area contributed by atoms with Gasteiger partial charge in [0.25, 0.3) is 0 Å². The van der Waals surface area contributed by atoms with Gasteiger partial charge in [-0.1, -0.05) is 13.8 Å². The van der Waals surface area contributed by atoms with Crippen LogP contribution in [0.15, 0.2) is 24.3 Å². The first kappa shape index (κ1) is 20.2. The number of carbonyl (C=O) groups excluding carboxylic acids is 1. The molecule has 2 aromatic rings. The van der Waals surface area contributed by atoms with Crippen molar-refractivity contribution in [1.29, 1.82) is 0 Å². The Morgan fingerprint density at radius 1 is 1.25 bits per heavy atom. The van der Waals surface area contributed by atoms with Gasteiger partial charge >= 0.3 is 6.09 Å². The Balaban J connectivity index is 1.71. The number of ether oxygens (including phenoxy) is 2. The third-order valence-electron chi connectivity index (χ3n) is 5.22. The third-order valence-corrected chi connectivity index (χ3v) is 5.22. The molecule has 1 aliphatic rings. The zero-order valence-electron chi connectivity index (χ0n) is 16.9. The lowest BCUT2D eigenvalue weighted by atomic mass is 9.98. The molecular weight excluding hydrogens is 361 g/mol. The predicted octanol–water partition coefficient (Wildman–Crippen LogP) is 4.30. The van der Waals surface area contributed by atoms with E-state index in [4.69, 9.17) is 14.6 Å². The minimum absolute atomic E-state index is 0.205. The van der Waals surface area contributed by atoms with Crippen LogP contribution in [0.2, 0.25) is 0 Å². The summed E-state index contributed by atoms with van der Waals surface area (Å²) in [6.45, 7) is 8.09. The number of methoxy groups -OCH3 is 1. The summed E-state index contributed by atoms with van der Waals surface area (Å²) in [5, 5.41) is 4.72. The van der Waals surface area contributed by atoms with Crippen molar-refractivity contribution in [2.45, 2.75) is 39.5 Å². The summed E-state index contributed by atoms with van der Waals surface area (Å²) in [5.41, 5.74) is 2.61. The largest absolute Gasteiger partial charge is 0.489 e. The molecule has 0 saturated carbocycles. The van der Waals surface area contributed by atoms with E-state index in [0.717, 1.165) is 35.7 Å². The molecule has 3 rings (SSSR count). The monoisotopic (exact) mass is 389 g/mol. The van der Waals surface area contributed by atoms with E-state index in [2.05, 4.69) is 13.8 Å². The minimum atomic E-state index is -0.271. The molecule has 0 radical (unpaired) electrons. The van der Waals surface area contributed by atoms with Crippen molar-refractivity contribution in [3.05, 3.63) is 41.5 Å². The van der Waals surface area contributed by atoms with E-state index in [9.17, 15) is 9.18 Å². The second-order valence-corrected chi connectivity index (χ2v) is 7.55. The Morgan fingerprint density at radius 2 is 1.89 bits per heavy atom. The van der Waals surface area contributed by atoms with E-state index < -0.39 is 0 Å². The summed E-state index contributed by atoms with van der Waals surface area (Å²) in [6, 6.07) is 6.29.